The van der Waals surface area contributed by atoms with Gasteiger partial charge in [-0.05, 0) is 0 Å². The molecule has 0 bridgehead atoms. The number of nitrogens with zero attached hydrogens (tertiary/aromatic N) is 1. The molecule has 0 aliphatic heterocycles. The Labute approximate surface area is 59.3 Å². The van der Waals surface area contributed by atoms with Gasteiger partial charge in [-0.15, -0.1) is 10.1 Å². The summed E-state index contributed by atoms with van der Waals surface area (Å²) in [5, 5.41) is 13.6. The van der Waals surface area contributed by atoms with E-state index in [4.69, 9.17) is 18.1 Å². The zero-order chi connectivity index (χ0) is 5.58. The second kappa shape index (κ2) is 29.2. The van der Waals surface area contributed by atoms with E-state index >= 15 is 0 Å². The Morgan fingerprint density at radius 3 is 1.38 bits per heavy atom. The van der Waals surface area contributed by atoms with Gasteiger partial charge in [0.25, 0.3) is 5.09 Å². The quantitative estimate of drug-likeness (QED) is 0.292. The molecule has 8 heteroatoms. The molecule has 0 aromatic heterocycles. The zero-order valence-electron chi connectivity index (χ0n) is 3.62. The van der Waals surface area contributed by atoms with Crippen LogP contribution in [0.5, 0.6) is 0 Å². The second-order valence-electron chi connectivity index (χ2n) is 0.238. The average Bonchev–Trinajstić information content (AvgIpc) is 1.41. The van der Waals surface area contributed by atoms with Crippen LogP contribution < -0.4 is 0 Å². The molecular weight excluding hydrogens is 319 g/mol. The van der Waals surface area contributed by atoms with Gasteiger partial charge < -0.3 is 16.2 Å². The Morgan fingerprint density at radius 2 is 1.38 bits per heavy atom. The maximum atomic E-state index is 8.39. The fraction of sp³-hybridized carbons (Fsp3) is 0. The van der Waals surface area contributed by atoms with Gasteiger partial charge in [-0.1, -0.05) is 0 Å². The van der Waals surface area contributed by atoms with Crippen molar-refractivity contribution in [2.45, 2.75) is 0 Å². The van der Waals surface area contributed by atoms with Crippen molar-refractivity contribution in [3.8, 4) is 0 Å². The minimum absolute atomic E-state index is 0. The van der Waals surface area contributed by atoms with Crippen molar-refractivity contribution < 1.29 is 24.1 Å². The maximum absolute atomic E-state index is 8.39. The fourth-order valence-corrected chi connectivity index (χ4v) is 0. The molecule has 0 aromatic carbocycles. The average molecular weight is 325 g/mol. The number of rotatable bonds is 0. The van der Waals surface area contributed by atoms with Crippen molar-refractivity contribution in [1.29, 1.82) is 0 Å². The van der Waals surface area contributed by atoms with Crippen molar-refractivity contribution in [3.63, 3.8) is 0 Å². The molecule has 52 valence electrons. The summed E-state index contributed by atoms with van der Waals surface area (Å²) in [5.41, 5.74) is 0. The molecule has 7 nitrogen and oxygen atoms in total. The standard InChI is InChI=1S/Bi.HNO3.2H2O.O.H/c;2-1(3)4;;;;/h;(H,2,3,4);2*1H2;;. The van der Waals surface area contributed by atoms with E-state index in [9.17, 15) is 0 Å². The van der Waals surface area contributed by atoms with Crippen LogP contribution in [0.3, 0.4) is 0 Å². The Balaban J connectivity index is -0.0000000183. The predicted octanol–water partition coefficient (Wildman–Crippen LogP) is -2.76. The normalized spacial score (nSPS) is 3.50. The van der Waals surface area contributed by atoms with Gasteiger partial charge in [0.05, 0.1) is 0 Å². The van der Waals surface area contributed by atoms with E-state index in [1.807, 2.05) is 0 Å². The van der Waals surface area contributed by atoms with Crippen molar-refractivity contribution in [3.05, 3.63) is 10.1 Å². The molecule has 0 fully saturated rings. The summed E-state index contributed by atoms with van der Waals surface area (Å²) in [4.78, 5) is 8.36. The van der Waals surface area contributed by atoms with Gasteiger partial charge in [0, 0.05) is 0 Å². The summed E-state index contributed by atoms with van der Waals surface area (Å²) < 4.78 is 8.39. The van der Waals surface area contributed by atoms with Gasteiger partial charge in [0.2, 0.25) is 0 Å². The molecule has 0 atom stereocenters. The van der Waals surface area contributed by atoms with Crippen LogP contribution in [0.1, 0.15) is 0 Å². The molecule has 0 aliphatic rings. The zero-order valence-corrected chi connectivity index (χ0v) is 7.51. The van der Waals surface area contributed by atoms with E-state index in [1.165, 1.54) is 0 Å². The predicted molar refractivity (Wildman–Crippen MR) is 23.8 cm³/mol. The summed E-state index contributed by atoms with van der Waals surface area (Å²) in [6.45, 7) is 0. The van der Waals surface area contributed by atoms with Gasteiger partial charge in [-0.25, -0.2) is 0 Å². The summed E-state index contributed by atoms with van der Waals surface area (Å²) in [6, 6.07) is 0. The molecule has 0 radical (unpaired) electrons. The van der Waals surface area contributed by atoms with Crippen LogP contribution in [0.4, 0.5) is 0 Å². The van der Waals surface area contributed by atoms with E-state index < -0.39 is 5.09 Å². The summed E-state index contributed by atoms with van der Waals surface area (Å²) in [6.07, 6.45) is 0. The van der Waals surface area contributed by atoms with Gasteiger partial charge in [0.15, 0.2) is 0 Å². The molecule has 8 heavy (non-hydrogen) atoms. The Morgan fingerprint density at radius 1 is 1.38 bits per heavy atom. The van der Waals surface area contributed by atoms with Gasteiger partial charge >= 0.3 is 27.5 Å². The second-order valence-corrected chi connectivity index (χ2v) is 0.238. The van der Waals surface area contributed by atoms with Gasteiger partial charge in [-0.2, -0.15) is 0 Å². The number of hydrogen-bond donors (Lipinski definition) is 1. The molecule has 0 saturated carbocycles. The topological polar surface area (TPSA) is 143 Å². The summed E-state index contributed by atoms with van der Waals surface area (Å²) in [7, 11) is 0. The van der Waals surface area contributed by atoms with E-state index in [-0.39, 0.29) is 35.7 Å². The van der Waals surface area contributed by atoms with Crippen LogP contribution in [-0.2, 0) is 2.81 Å². The van der Waals surface area contributed by atoms with Gasteiger partial charge in [0.1, 0.15) is 0 Å². The first-order valence-electron chi connectivity index (χ1n) is 0.769. The van der Waals surface area contributed by atoms with Crippen molar-refractivity contribution >= 4 is 24.7 Å². The molecule has 0 amide bonds. The molecule has 0 unspecified atom stereocenters. The van der Waals surface area contributed by atoms with Crippen LogP contribution in [-0.4, -0.2) is 46.0 Å². The Bertz CT molecular complexity index is 39.8. The third-order valence-electron chi connectivity index (χ3n) is 0. The molecule has 0 aromatic rings. The van der Waals surface area contributed by atoms with Crippen molar-refractivity contribution in [2.24, 2.45) is 0 Å². The fourth-order valence-electron chi connectivity index (χ4n) is 0. The minimum atomic E-state index is -1.50. The van der Waals surface area contributed by atoms with E-state index in [0.717, 1.165) is 0 Å². The first-order chi connectivity index (χ1) is 2.73. The number of hydrogen-bond acceptors (Lipinski definition) is 3. The first kappa shape index (κ1) is 25.0. The Hall–Kier alpha value is -0.197. The third-order valence-corrected chi connectivity index (χ3v) is 0. The molecule has 5 N–H and O–H groups in total. The summed E-state index contributed by atoms with van der Waals surface area (Å²) >= 11 is 0.0556. The van der Waals surface area contributed by atoms with Crippen LogP contribution in [0.25, 0.3) is 0 Å². The van der Waals surface area contributed by atoms with E-state index in [2.05, 4.69) is 0 Å². The first-order valence-corrected chi connectivity index (χ1v) is 2.36. The molecule has 0 aliphatic carbocycles. The molecular formula is H6BiNO6. The van der Waals surface area contributed by atoms with Crippen molar-refractivity contribution in [1.82, 2.24) is 0 Å². The van der Waals surface area contributed by atoms with Crippen LogP contribution >= 0.6 is 0 Å². The molecule has 0 saturated heterocycles. The van der Waals surface area contributed by atoms with Crippen LogP contribution in [0.2, 0.25) is 0 Å². The van der Waals surface area contributed by atoms with Crippen molar-refractivity contribution in [2.75, 3.05) is 0 Å². The van der Waals surface area contributed by atoms with Gasteiger partial charge in [-0.3, -0.25) is 0 Å². The SMILES string of the molecule is O.O.O=[N+]([O-])O.[O]=[BiH]. The van der Waals surface area contributed by atoms with Crippen LogP contribution in [0.15, 0.2) is 0 Å². The summed E-state index contributed by atoms with van der Waals surface area (Å²) in [5.74, 6) is 0. The molecule has 0 spiro atoms. The van der Waals surface area contributed by atoms with E-state index in [1.54, 1.807) is 0 Å². The monoisotopic (exact) mass is 325 g/mol. The molecule has 0 rings (SSSR count). The molecule has 0 heterocycles. The third kappa shape index (κ3) is 3450. The van der Waals surface area contributed by atoms with E-state index in [0.29, 0.717) is 0 Å². The Kier molecular flexibility index (Phi) is 91.0. The van der Waals surface area contributed by atoms with Crippen LogP contribution in [0, 0.1) is 10.1 Å².